The average Bonchev–Trinajstić information content (AvgIpc) is 2.50. The van der Waals surface area contributed by atoms with Crippen molar-refractivity contribution in [2.24, 2.45) is 11.6 Å². The lowest BCUT2D eigenvalue weighted by molar-refractivity contribution is 0.311. The standard InChI is InChI=1S/C15H17NS.H3NO/c16-11-10-13-6-8-14(9-7-13)12-17-15-4-2-1-3-5-15;1-2/h1-9H,10-12,16H2;2H,1H2. The quantitative estimate of drug-likeness (QED) is 0.580. The SMILES string of the molecule is NCCc1ccc(CSc2ccccc2)cc1.NO. The highest BCUT2D eigenvalue weighted by Gasteiger charge is 1.96. The molecule has 0 bridgehead atoms. The van der Waals surface area contributed by atoms with Crippen molar-refractivity contribution in [3.8, 4) is 0 Å². The Morgan fingerprint density at radius 3 is 2.00 bits per heavy atom. The van der Waals surface area contributed by atoms with Crippen LogP contribution in [-0.2, 0) is 12.2 Å². The molecule has 4 heteroatoms. The van der Waals surface area contributed by atoms with Gasteiger partial charge in [-0.15, -0.1) is 11.8 Å². The van der Waals surface area contributed by atoms with E-state index in [0.29, 0.717) is 0 Å². The van der Waals surface area contributed by atoms with Crippen LogP contribution in [0.3, 0.4) is 0 Å². The molecule has 0 aliphatic rings. The number of nitrogens with two attached hydrogens (primary N) is 2. The van der Waals surface area contributed by atoms with Gasteiger partial charge in [0, 0.05) is 10.6 Å². The average molecular weight is 276 g/mol. The molecule has 0 saturated carbocycles. The van der Waals surface area contributed by atoms with E-state index in [-0.39, 0.29) is 0 Å². The number of thioether (sulfide) groups is 1. The summed E-state index contributed by atoms with van der Waals surface area (Å²) in [6.07, 6.45) is 0.964. The van der Waals surface area contributed by atoms with Crippen LogP contribution in [0.1, 0.15) is 11.1 Å². The number of hydrogen-bond donors (Lipinski definition) is 3. The number of benzene rings is 2. The molecule has 0 atom stereocenters. The van der Waals surface area contributed by atoms with E-state index in [9.17, 15) is 0 Å². The van der Waals surface area contributed by atoms with Crippen molar-refractivity contribution in [3.63, 3.8) is 0 Å². The Balaban J connectivity index is 0.000000861. The zero-order valence-corrected chi connectivity index (χ0v) is 11.6. The van der Waals surface area contributed by atoms with Crippen LogP contribution < -0.4 is 11.6 Å². The van der Waals surface area contributed by atoms with E-state index in [2.05, 4.69) is 54.4 Å². The van der Waals surface area contributed by atoms with E-state index in [0.717, 1.165) is 18.7 Å². The zero-order chi connectivity index (χ0) is 13.9. The molecule has 0 aromatic heterocycles. The van der Waals surface area contributed by atoms with E-state index in [1.807, 2.05) is 17.8 Å². The van der Waals surface area contributed by atoms with E-state index in [1.54, 1.807) is 0 Å². The maximum absolute atomic E-state index is 6.50. The first-order valence-electron chi connectivity index (χ1n) is 6.10. The first-order valence-corrected chi connectivity index (χ1v) is 7.08. The summed E-state index contributed by atoms with van der Waals surface area (Å²) in [4.78, 5) is 1.32. The van der Waals surface area contributed by atoms with Crippen molar-refractivity contribution in [2.75, 3.05) is 6.54 Å². The maximum atomic E-state index is 6.50. The van der Waals surface area contributed by atoms with Crippen molar-refractivity contribution in [1.82, 2.24) is 0 Å². The van der Waals surface area contributed by atoms with Gasteiger partial charge in [0.1, 0.15) is 0 Å². The topological polar surface area (TPSA) is 72.3 Å². The summed E-state index contributed by atoms with van der Waals surface area (Å²) in [5.74, 6) is 4.52. The second kappa shape index (κ2) is 9.58. The fourth-order valence-electron chi connectivity index (χ4n) is 1.65. The molecule has 0 radical (unpaired) electrons. The lowest BCUT2D eigenvalue weighted by Gasteiger charge is -2.03. The Labute approximate surface area is 118 Å². The lowest BCUT2D eigenvalue weighted by Crippen LogP contribution is -2.02. The van der Waals surface area contributed by atoms with E-state index in [4.69, 9.17) is 10.9 Å². The molecular formula is C15H20N2OS. The van der Waals surface area contributed by atoms with E-state index >= 15 is 0 Å². The Hall–Kier alpha value is -1.33. The minimum atomic E-state index is 0.720. The molecule has 0 spiro atoms. The summed E-state index contributed by atoms with van der Waals surface area (Å²) in [5, 5.41) is 6.50. The first kappa shape index (κ1) is 15.7. The molecule has 5 N–H and O–H groups in total. The predicted molar refractivity (Wildman–Crippen MR) is 81.2 cm³/mol. The Bertz CT molecular complexity index is 445. The highest BCUT2D eigenvalue weighted by molar-refractivity contribution is 7.98. The molecule has 2 aromatic carbocycles. The second-order valence-corrected chi connectivity index (χ2v) is 5.01. The van der Waals surface area contributed by atoms with Gasteiger partial charge in [0.2, 0.25) is 0 Å². The van der Waals surface area contributed by atoms with Crippen molar-refractivity contribution >= 4 is 11.8 Å². The minimum absolute atomic E-state index is 0.720. The van der Waals surface area contributed by atoms with Crippen LogP contribution in [0.2, 0.25) is 0 Å². The van der Waals surface area contributed by atoms with Gasteiger partial charge >= 0.3 is 0 Å². The molecule has 19 heavy (non-hydrogen) atoms. The van der Waals surface area contributed by atoms with Crippen LogP contribution in [0.25, 0.3) is 0 Å². The monoisotopic (exact) mass is 276 g/mol. The highest BCUT2D eigenvalue weighted by Crippen LogP contribution is 2.22. The third-order valence-electron chi connectivity index (χ3n) is 2.60. The minimum Gasteiger partial charge on any atom is -0.330 e. The molecule has 0 unspecified atom stereocenters. The van der Waals surface area contributed by atoms with Crippen LogP contribution in [0, 0.1) is 0 Å². The third-order valence-corrected chi connectivity index (χ3v) is 3.69. The molecule has 0 saturated heterocycles. The number of rotatable bonds is 5. The molecule has 0 fully saturated rings. The summed E-state index contributed by atoms with van der Waals surface area (Å²) in [5.41, 5.74) is 8.21. The highest BCUT2D eigenvalue weighted by atomic mass is 32.2. The molecule has 102 valence electrons. The molecular weight excluding hydrogens is 256 g/mol. The van der Waals surface area contributed by atoms with Gasteiger partial charge in [0.05, 0.1) is 0 Å². The smallest absolute Gasteiger partial charge is 0.0231 e. The molecule has 0 aliphatic carbocycles. The number of hydrogen-bond acceptors (Lipinski definition) is 4. The van der Waals surface area contributed by atoms with Crippen LogP contribution in [0.4, 0.5) is 0 Å². The molecule has 0 heterocycles. The predicted octanol–water partition coefficient (Wildman–Crippen LogP) is 2.81. The van der Waals surface area contributed by atoms with Gasteiger partial charge in [-0.2, -0.15) is 0 Å². The van der Waals surface area contributed by atoms with Crippen molar-refractivity contribution < 1.29 is 5.21 Å². The van der Waals surface area contributed by atoms with Gasteiger partial charge < -0.3 is 10.9 Å². The van der Waals surface area contributed by atoms with Gasteiger partial charge in [-0.25, -0.2) is 5.90 Å². The summed E-state index contributed by atoms with van der Waals surface area (Å²) < 4.78 is 0. The van der Waals surface area contributed by atoms with Gasteiger partial charge in [-0.1, -0.05) is 42.5 Å². The maximum Gasteiger partial charge on any atom is 0.0231 e. The third kappa shape index (κ3) is 5.89. The van der Waals surface area contributed by atoms with Crippen molar-refractivity contribution in [1.29, 1.82) is 0 Å². The molecule has 2 aromatic rings. The van der Waals surface area contributed by atoms with Gasteiger partial charge in [0.25, 0.3) is 0 Å². The Morgan fingerprint density at radius 1 is 0.842 bits per heavy atom. The van der Waals surface area contributed by atoms with Crippen LogP contribution in [-0.4, -0.2) is 11.8 Å². The van der Waals surface area contributed by atoms with Crippen LogP contribution in [0.15, 0.2) is 59.5 Å². The van der Waals surface area contributed by atoms with Crippen molar-refractivity contribution in [3.05, 3.63) is 65.7 Å². The van der Waals surface area contributed by atoms with Gasteiger partial charge in [0.15, 0.2) is 0 Å². The fourth-order valence-corrected chi connectivity index (χ4v) is 2.53. The molecule has 2 rings (SSSR count). The zero-order valence-electron chi connectivity index (χ0n) is 10.8. The summed E-state index contributed by atoms with van der Waals surface area (Å²) in [6.45, 7) is 0.720. The molecule has 0 amide bonds. The van der Waals surface area contributed by atoms with Gasteiger partial charge in [-0.05, 0) is 36.2 Å². The molecule has 0 aliphatic heterocycles. The second-order valence-electron chi connectivity index (χ2n) is 3.96. The molecule has 3 nitrogen and oxygen atoms in total. The Kier molecular flexibility index (Phi) is 7.93. The first-order chi connectivity index (χ1) is 9.38. The normalized spacial score (nSPS) is 9.63. The van der Waals surface area contributed by atoms with Crippen LogP contribution >= 0.6 is 11.8 Å². The summed E-state index contributed by atoms with van der Waals surface area (Å²) in [6, 6.07) is 19.2. The van der Waals surface area contributed by atoms with E-state index in [1.165, 1.54) is 16.0 Å². The lowest BCUT2D eigenvalue weighted by atomic mass is 10.1. The van der Waals surface area contributed by atoms with Gasteiger partial charge in [-0.3, -0.25) is 0 Å². The summed E-state index contributed by atoms with van der Waals surface area (Å²) in [7, 11) is 0. The Morgan fingerprint density at radius 2 is 1.42 bits per heavy atom. The van der Waals surface area contributed by atoms with Crippen molar-refractivity contribution in [2.45, 2.75) is 17.1 Å². The summed E-state index contributed by atoms with van der Waals surface area (Å²) >= 11 is 1.87. The fraction of sp³-hybridized carbons (Fsp3) is 0.200. The van der Waals surface area contributed by atoms with Crippen LogP contribution in [0.5, 0.6) is 0 Å². The van der Waals surface area contributed by atoms with E-state index < -0.39 is 0 Å². The largest absolute Gasteiger partial charge is 0.330 e.